The summed E-state index contributed by atoms with van der Waals surface area (Å²) in [5, 5.41) is 2.81. The first-order chi connectivity index (χ1) is 8.02. The van der Waals surface area contributed by atoms with E-state index in [4.69, 9.17) is 10.5 Å². The summed E-state index contributed by atoms with van der Waals surface area (Å²) in [6, 6.07) is 5.22. The van der Waals surface area contributed by atoms with Crippen LogP contribution in [0.25, 0.3) is 0 Å². The topological polar surface area (TPSA) is 64.3 Å². The molecule has 0 bridgehead atoms. The molecule has 0 heterocycles. The number of methoxy groups -OCH3 is 1. The Morgan fingerprint density at radius 1 is 1.44 bits per heavy atom. The normalized spacial score (nSPS) is 9.78. The molecule has 0 spiro atoms. The van der Waals surface area contributed by atoms with Crippen molar-refractivity contribution in [1.82, 2.24) is 0 Å². The van der Waals surface area contributed by atoms with Crippen LogP contribution in [0.2, 0.25) is 0 Å². The van der Waals surface area contributed by atoms with Crippen molar-refractivity contribution in [2.45, 2.75) is 26.7 Å². The molecule has 0 aliphatic heterocycles. The van der Waals surface area contributed by atoms with Crippen molar-refractivity contribution >= 4 is 29.7 Å². The van der Waals surface area contributed by atoms with Gasteiger partial charge in [0.2, 0.25) is 5.91 Å². The van der Waals surface area contributed by atoms with Crippen molar-refractivity contribution in [3.63, 3.8) is 0 Å². The van der Waals surface area contributed by atoms with Crippen LogP contribution in [-0.4, -0.2) is 13.0 Å². The molecule has 5 heteroatoms. The quantitative estimate of drug-likeness (QED) is 0.810. The lowest BCUT2D eigenvalue weighted by atomic mass is 10.1. The Kier molecular flexibility index (Phi) is 7.20. The van der Waals surface area contributed by atoms with Crippen LogP contribution in [0.1, 0.15) is 26.7 Å². The predicted molar refractivity (Wildman–Crippen MR) is 77.4 cm³/mol. The molecule has 18 heavy (non-hydrogen) atoms. The van der Waals surface area contributed by atoms with Gasteiger partial charge in [-0.25, -0.2) is 0 Å². The highest BCUT2D eigenvalue weighted by Crippen LogP contribution is 2.24. The molecular weight excluding hydrogens is 252 g/mol. The highest BCUT2D eigenvalue weighted by Gasteiger charge is 2.06. The lowest BCUT2D eigenvalue weighted by molar-refractivity contribution is -0.116. The fourth-order valence-electron chi connectivity index (χ4n) is 1.46. The van der Waals surface area contributed by atoms with E-state index in [9.17, 15) is 4.79 Å². The number of carbonyl (C=O) groups excluding carboxylic acids is 1. The number of anilines is 2. The minimum atomic E-state index is 0. The van der Waals surface area contributed by atoms with E-state index in [1.807, 2.05) is 0 Å². The number of ether oxygens (including phenoxy) is 1. The number of amides is 1. The molecular formula is C13H21ClN2O2. The van der Waals surface area contributed by atoms with Crippen LogP contribution in [0.4, 0.5) is 11.4 Å². The number of rotatable bonds is 5. The molecule has 0 radical (unpaired) electrons. The molecule has 0 unspecified atom stereocenters. The zero-order chi connectivity index (χ0) is 12.8. The summed E-state index contributed by atoms with van der Waals surface area (Å²) in [4.78, 5) is 11.6. The predicted octanol–water partition coefficient (Wildman–Crippen LogP) is 3.07. The third-order valence-corrected chi connectivity index (χ3v) is 2.46. The number of hydrogen-bond acceptors (Lipinski definition) is 3. The van der Waals surface area contributed by atoms with Gasteiger partial charge in [-0.1, -0.05) is 13.8 Å². The number of halogens is 1. The molecule has 0 atom stereocenters. The van der Waals surface area contributed by atoms with Gasteiger partial charge in [0.15, 0.2) is 0 Å². The molecule has 102 valence electrons. The Hall–Kier alpha value is -1.42. The number of carbonyl (C=O) groups is 1. The van der Waals surface area contributed by atoms with E-state index >= 15 is 0 Å². The minimum Gasteiger partial charge on any atom is -0.495 e. The second kappa shape index (κ2) is 7.82. The Morgan fingerprint density at radius 3 is 2.61 bits per heavy atom. The van der Waals surface area contributed by atoms with E-state index in [1.165, 1.54) is 0 Å². The first-order valence-electron chi connectivity index (χ1n) is 5.76. The van der Waals surface area contributed by atoms with Crippen molar-refractivity contribution < 1.29 is 9.53 Å². The van der Waals surface area contributed by atoms with E-state index in [0.717, 1.165) is 6.42 Å². The van der Waals surface area contributed by atoms with Gasteiger partial charge in [0.05, 0.1) is 12.8 Å². The number of benzene rings is 1. The first kappa shape index (κ1) is 16.6. The maximum Gasteiger partial charge on any atom is 0.224 e. The van der Waals surface area contributed by atoms with Crippen molar-refractivity contribution in [3.05, 3.63) is 18.2 Å². The summed E-state index contributed by atoms with van der Waals surface area (Å²) >= 11 is 0. The summed E-state index contributed by atoms with van der Waals surface area (Å²) in [7, 11) is 1.56. The average Bonchev–Trinajstić information content (AvgIpc) is 2.26. The van der Waals surface area contributed by atoms with Gasteiger partial charge in [0.25, 0.3) is 0 Å². The maximum absolute atomic E-state index is 11.6. The van der Waals surface area contributed by atoms with Crippen molar-refractivity contribution in [3.8, 4) is 5.75 Å². The zero-order valence-electron chi connectivity index (χ0n) is 11.0. The number of nitrogen functional groups attached to an aromatic ring is 1. The average molecular weight is 273 g/mol. The van der Waals surface area contributed by atoms with Crippen LogP contribution in [0.3, 0.4) is 0 Å². The third-order valence-electron chi connectivity index (χ3n) is 2.46. The Morgan fingerprint density at radius 2 is 2.11 bits per heavy atom. The van der Waals surface area contributed by atoms with Gasteiger partial charge in [-0.3, -0.25) is 4.79 Å². The molecule has 1 aromatic carbocycles. The Balaban J connectivity index is 0.00000289. The molecule has 1 aromatic rings. The third kappa shape index (κ3) is 5.27. The van der Waals surface area contributed by atoms with E-state index in [-0.39, 0.29) is 18.3 Å². The number of nitrogens with one attached hydrogen (secondary N) is 1. The van der Waals surface area contributed by atoms with Crippen LogP contribution in [-0.2, 0) is 4.79 Å². The van der Waals surface area contributed by atoms with Gasteiger partial charge < -0.3 is 15.8 Å². The monoisotopic (exact) mass is 272 g/mol. The second-order valence-electron chi connectivity index (χ2n) is 4.44. The van der Waals surface area contributed by atoms with E-state index in [0.29, 0.717) is 29.5 Å². The van der Waals surface area contributed by atoms with E-state index in [2.05, 4.69) is 19.2 Å². The van der Waals surface area contributed by atoms with Gasteiger partial charge in [-0.2, -0.15) is 0 Å². The second-order valence-corrected chi connectivity index (χ2v) is 4.44. The Labute approximate surface area is 114 Å². The smallest absolute Gasteiger partial charge is 0.224 e. The number of hydrogen-bond donors (Lipinski definition) is 2. The van der Waals surface area contributed by atoms with Crippen LogP contribution in [0.15, 0.2) is 18.2 Å². The summed E-state index contributed by atoms with van der Waals surface area (Å²) in [6.07, 6.45) is 1.42. The maximum atomic E-state index is 11.6. The van der Waals surface area contributed by atoms with E-state index < -0.39 is 0 Å². The molecule has 0 saturated carbocycles. The first-order valence-corrected chi connectivity index (χ1v) is 5.76. The van der Waals surface area contributed by atoms with Gasteiger partial charge in [0.1, 0.15) is 5.75 Å². The van der Waals surface area contributed by atoms with Crippen molar-refractivity contribution in [1.29, 1.82) is 0 Å². The molecule has 3 N–H and O–H groups in total. The Bertz CT molecular complexity index is 395. The summed E-state index contributed by atoms with van der Waals surface area (Å²) in [6.45, 7) is 4.19. The van der Waals surface area contributed by atoms with Crippen LogP contribution in [0, 0.1) is 5.92 Å². The molecule has 0 aliphatic carbocycles. The van der Waals surface area contributed by atoms with Gasteiger partial charge in [0, 0.05) is 12.1 Å². The minimum absolute atomic E-state index is 0. The molecule has 4 nitrogen and oxygen atoms in total. The fraction of sp³-hybridized carbons (Fsp3) is 0.462. The molecule has 1 rings (SSSR count). The standard InChI is InChI=1S/C13H20N2O2.ClH/c1-9(2)4-7-13(16)15-10-5-6-12(17-3)11(14)8-10;/h5-6,8-9H,4,7,14H2,1-3H3,(H,15,16);1H. The summed E-state index contributed by atoms with van der Waals surface area (Å²) in [5.41, 5.74) is 6.98. The summed E-state index contributed by atoms with van der Waals surface area (Å²) in [5.74, 6) is 1.16. The highest BCUT2D eigenvalue weighted by atomic mass is 35.5. The lowest BCUT2D eigenvalue weighted by Crippen LogP contribution is -2.12. The van der Waals surface area contributed by atoms with Crippen LogP contribution in [0.5, 0.6) is 5.75 Å². The van der Waals surface area contributed by atoms with Gasteiger partial charge >= 0.3 is 0 Å². The SMILES string of the molecule is COc1ccc(NC(=O)CCC(C)C)cc1N.Cl. The van der Waals surface area contributed by atoms with E-state index in [1.54, 1.807) is 25.3 Å². The number of nitrogens with two attached hydrogens (primary N) is 1. The largest absolute Gasteiger partial charge is 0.495 e. The van der Waals surface area contributed by atoms with Crippen LogP contribution >= 0.6 is 12.4 Å². The van der Waals surface area contributed by atoms with Gasteiger partial charge in [-0.05, 0) is 30.5 Å². The molecule has 0 aliphatic rings. The molecule has 0 fully saturated rings. The van der Waals surface area contributed by atoms with Crippen LogP contribution < -0.4 is 15.8 Å². The van der Waals surface area contributed by atoms with Crippen molar-refractivity contribution in [2.24, 2.45) is 5.92 Å². The molecule has 0 saturated heterocycles. The summed E-state index contributed by atoms with van der Waals surface area (Å²) < 4.78 is 5.05. The highest BCUT2D eigenvalue weighted by molar-refractivity contribution is 5.91. The lowest BCUT2D eigenvalue weighted by Gasteiger charge is -2.09. The molecule has 0 aromatic heterocycles. The van der Waals surface area contributed by atoms with Crippen molar-refractivity contribution in [2.75, 3.05) is 18.2 Å². The zero-order valence-corrected chi connectivity index (χ0v) is 11.8. The fourth-order valence-corrected chi connectivity index (χ4v) is 1.46. The molecule has 1 amide bonds. The van der Waals surface area contributed by atoms with Gasteiger partial charge in [-0.15, -0.1) is 12.4 Å².